The van der Waals surface area contributed by atoms with E-state index in [9.17, 15) is 13.2 Å². The molecule has 21 heavy (non-hydrogen) atoms. The van der Waals surface area contributed by atoms with Crippen molar-refractivity contribution in [3.8, 4) is 5.75 Å². The third kappa shape index (κ3) is 4.24. The monoisotopic (exact) mass is 300 g/mol. The van der Waals surface area contributed by atoms with Gasteiger partial charge in [0.25, 0.3) is 0 Å². The van der Waals surface area contributed by atoms with Crippen LogP contribution in [0.3, 0.4) is 0 Å². The second kappa shape index (κ2) is 6.19. The SMILES string of the molecule is Cc1ccoc1C(Cc1ccc(OC(F)(F)F)cc1)NN. The van der Waals surface area contributed by atoms with Crippen LogP contribution in [0, 0.1) is 6.92 Å². The molecule has 1 aromatic heterocycles. The Morgan fingerprint density at radius 2 is 1.90 bits per heavy atom. The van der Waals surface area contributed by atoms with E-state index in [1.807, 2.05) is 13.0 Å². The van der Waals surface area contributed by atoms with Gasteiger partial charge in [-0.2, -0.15) is 0 Å². The van der Waals surface area contributed by atoms with Crippen LogP contribution < -0.4 is 16.0 Å². The summed E-state index contributed by atoms with van der Waals surface area (Å²) in [6.07, 6.45) is -2.64. The number of hydrogen-bond acceptors (Lipinski definition) is 4. The standard InChI is InChI=1S/C14H15F3N2O2/c1-9-6-7-20-13(9)12(19-18)8-10-2-4-11(5-3-10)21-14(15,16)17/h2-7,12,19H,8,18H2,1H3. The van der Waals surface area contributed by atoms with E-state index in [2.05, 4.69) is 10.2 Å². The minimum absolute atomic E-state index is 0.252. The zero-order chi connectivity index (χ0) is 15.5. The summed E-state index contributed by atoms with van der Waals surface area (Å²) in [6.45, 7) is 1.89. The zero-order valence-corrected chi connectivity index (χ0v) is 11.3. The minimum Gasteiger partial charge on any atom is -0.467 e. The molecule has 2 aromatic rings. The van der Waals surface area contributed by atoms with Crippen molar-refractivity contribution in [2.45, 2.75) is 25.7 Å². The van der Waals surface area contributed by atoms with E-state index in [4.69, 9.17) is 10.3 Å². The predicted molar refractivity (Wildman–Crippen MR) is 70.3 cm³/mol. The molecule has 1 aromatic carbocycles. The summed E-state index contributed by atoms with van der Waals surface area (Å²) >= 11 is 0. The van der Waals surface area contributed by atoms with Crippen molar-refractivity contribution in [3.05, 3.63) is 53.5 Å². The summed E-state index contributed by atoms with van der Waals surface area (Å²) < 4.78 is 45.4. The van der Waals surface area contributed by atoms with Crippen LogP contribution in [-0.2, 0) is 6.42 Å². The lowest BCUT2D eigenvalue weighted by molar-refractivity contribution is -0.274. The van der Waals surface area contributed by atoms with Gasteiger partial charge in [0.05, 0.1) is 12.3 Å². The molecule has 1 atom stereocenters. The van der Waals surface area contributed by atoms with Crippen molar-refractivity contribution in [3.63, 3.8) is 0 Å². The Bertz CT molecular complexity index is 579. The third-order valence-electron chi connectivity index (χ3n) is 3.02. The fraction of sp³-hybridized carbons (Fsp3) is 0.286. The van der Waals surface area contributed by atoms with Gasteiger partial charge < -0.3 is 9.15 Å². The minimum atomic E-state index is -4.69. The van der Waals surface area contributed by atoms with Gasteiger partial charge in [0.2, 0.25) is 0 Å². The van der Waals surface area contributed by atoms with E-state index in [1.165, 1.54) is 12.1 Å². The molecular formula is C14H15F3N2O2. The van der Waals surface area contributed by atoms with Gasteiger partial charge in [-0.1, -0.05) is 12.1 Å². The average molecular weight is 300 g/mol. The Balaban J connectivity index is 2.07. The number of rotatable bonds is 5. The number of aryl methyl sites for hydroxylation is 1. The highest BCUT2D eigenvalue weighted by Gasteiger charge is 2.31. The van der Waals surface area contributed by atoms with E-state index in [-0.39, 0.29) is 11.8 Å². The Morgan fingerprint density at radius 3 is 2.38 bits per heavy atom. The Labute approximate surface area is 119 Å². The van der Waals surface area contributed by atoms with Crippen LogP contribution >= 0.6 is 0 Å². The van der Waals surface area contributed by atoms with Gasteiger partial charge in [0, 0.05) is 0 Å². The zero-order valence-electron chi connectivity index (χ0n) is 11.3. The maximum absolute atomic E-state index is 12.1. The molecule has 1 unspecified atom stereocenters. The van der Waals surface area contributed by atoms with E-state index in [1.54, 1.807) is 18.4 Å². The first-order chi connectivity index (χ1) is 9.89. The second-order valence-electron chi connectivity index (χ2n) is 4.58. The molecule has 0 fully saturated rings. The van der Waals surface area contributed by atoms with Crippen LogP contribution in [0.2, 0.25) is 0 Å². The number of furan rings is 1. The lowest BCUT2D eigenvalue weighted by atomic mass is 10.0. The smallest absolute Gasteiger partial charge is 0.467 e. The maximum atomic E-state index is 12.1. The van der Waals surface area contributed by atoms with Gasteiger partial charge in [-0.25, -0.2) is 5.43 Å². The molecule has 0 aliphatic carbocycles. The molecule has 0 spiro atoms. The van der Waals surface area contributed by atoms with Gasteiger partial charge in [0.15, 0.2) is 0 Å². The normalized spacial score (nSPS) is 13.2. The van der Waals surface area contributed by atoms with Crippen molar-refractivity contribution < 1.29 is 22.3 Å². The number of nitrogens with two attached hydrogens (primary N) is 1. The van der Waals surface area contributed by atoms with Crippen molar-refractivity contribution in [2.24, 2.45) is 5.84 Å². The predicted octanol–water partition coefficient (Wildman–Crippen LogP) is 3.23. The van der Waals surface area contributed by atoms with Gasteiger partial charge >= 0.3 is 6.36 Å². The molecule has 0 saturated heterocycles. The molecule has 0 saturated carbocycles. The summed E-state index contributed by atoms with van der Waals surface area (Å²) in [4.78, 5) is 0. The average Bonchev–Trinajstić information content (AvgIpc) is 2.82. The molecular weight excluding hydrogens is 285 g/mol. The summed E-state index contributed by atoms with van der Waals surface area (Å²) in [5.74, 6) is 5.96. The van der Waals surface area contributed by atoms with E-state index in [0.29, 0.717) is 12.2 Å². The first-order valence-electron chi connectivity index (χ1n) is 6.24. The fourth-order valence-corrected chi connectivity index (χ4v) is 2.03. The first kappa shape index (κ1) is 15.4. The van der Waals surface area contributed by atoms with Crippen LogP contribution in [0.15, 0.2) is 41.0 Å². The molecule has 0 amide bonds. The largest absolute Gasteiger partial charge is 0.573 e. The summed E-state index contributed by atoms with van der Waals surface area (Å²) in [5, 5.41) is 0. The highest BCUT2D eigenvalue weighted by molar-refractivity contribution is 5.29. The van der Waals surface area contributed by atoms with E-state index in [0.717, 1.165) is 11.1 Å². The van der Waals surface area contributed by atoms with Crippen LogP contribution in [0.1, 0.15) is 22.9 Å². The molecule has 0 aliphatic heterocycles. The molecule has 4 nitrogen and oxygen atoms in total. The van der Waals surface area contributed by atoms with Crippen molar-refractivity contribution in [1.29, 1.82) is 0 Å². The number of ether oxygens (including phenoxy) is 1. The van der Waals surface area contributed by atoms with Gasteiger partial charge in [-0.15, -0.1) is 13.2 Å². The highest BCUT2D eigenvalue weighted by atomic mass is 19.4. The van der Waals surface area contributed by atoms with Gasteiger partial charge in [0.1, 0.15) is 11.5 Å². The number of benzene rings is 1. The molecule has 0 aliphatic rings. The molecule has 114 valence electrons. The van der Waals surface area contributed by atoms with E-state index < -0.39 is 6.36 Å². The fourth-order valence-electron chi connectivity index (χ4n) is 2.03. The van der Waals surface area contributed by atoms with Crippen LogP contribution in [-0.4, -0.2) is 6.36 Å². The Hall–Kier alpha value is -1.99. The number of halogens is 3. The van der Waals surface area contributed by atoms with E-state index >= 15 is 0 Å². The lowest BCUT2D eigenvalue weighted by Crippen LogP contribution is -2.29. The number of alkyl halides is 3. The summed E-state index contributed by atoms with van der Waals surface area (Å²) in [6, 6.07) is 7.22. The Kier molecular flexibility index (Phi) is 4.54. The van der Waals surface area contributed by atoms with Crippen LogP contribution in [0.5, 0.6) is 5.75 Å². The lowest BCUT2D eigenvalue weighted by Gasteiger charge is -2.15. The topological polar surface area (TPSA) is 60.4 Å². The second-order valence-corrected chi connectivity index (χ2v) is 4.58. The molecule has 2 rings (SSSR count). The van der Waals surface area contributed by atoms with Crippen molar-refractivity contribution >= 4 is 0 Å². The third-order valence-corrected chi connectivity index (χ3v) is 3.02. The van der Waals surface area contributed by atoms with Crippen molar-refractivity contribution in [2.75, 3.05) is 0 Å². The summed E-state index contributed by atoms with van der Waals surface area (Å²) in [5.41, 5.74) is 4.40. The molecule has 1 heterocycles. The first-order valence-corrected chi connectivity index (χ1v) is 6.24. The molecule has 7 heteroatoms. The Morgan fingerprint density at radius 1 is 1.24 bits per heavy atom. The number of hydrogen-bond donors (Lipinski definition) is 2. The van der Waals surface area contributed by atoms with Crippen molar-refractivity contribution in [1.82, 2.24) is 5.43 Å². The number of nitrogens with one attached hydrogen (secondary N) is 1. The molecule has 0 bridgehead atoms. The summed E-state index contributed by atoms with van der Waals surface area (Å²) in [7, 11) is 0. The van der Waals surface area contributed by atoms with Gasteiger partial charge in [-0.3, -0.25) is 5.84 Å². The molecule has 3 N–H and O–H groups in total. The van der Waals surface area contributed by atoms with Crippen LogP contribution in [0.25, 0.3) is 0 Å². The highest BCUT2D eigenvalue weighted by Crippen LogP contribution is 2.25. The maximum Gasteiger partial charge on any atom is 0.573 e. The van der Waals surface area contributed by atoms with Crippen LogP contribution in [0.4, 0.5) is 13.2 Å². The quantitative estimate of drug-likeness (QED) is 0.657. The number of hydrazine groups is 1. The molecule has 0 radical (unpaired) electrons. The van der Waals surface area contributed by atoms with Gasteiger partial charge in [-0.05, 0) is 42.7 Å².